The van der Waals surface area contributed by atoms with Crippen LogP contribution >= 0.6 is 12.2 Å². The number of rotatable bonds is 2. The van der Waals surface area contributed by atoms with Crippen molar-refractivity contribution in [2.45, 2.75) is 13.3 Å². The van der Waals surface area contributed by atoms with Crippen LogP contribution in [0.15, 0.2) is 18.2 Å². The predicted molar refractivity (Wildman–Crippen MR) is 68.7 cm³/mol. The lowest BCUT2D eigenvalue weighted by molar-refractivity contribution is 0.172. The van der Waals surface area contributed by atoms with Gasteiger partial charge in [-0.3, -0.25) is 0 Å². The van der Waals surface area contributed by atoms with Crippen LogP contribution in [0.4, 0.5) is 5.69 Å². The Morgan fingerprint density at radius 1 is 1.38 bits per heavy atom. The molecule has 0 saturated heterocycles. The maximum absolute atomic E-state index is 5.64. The number of nitrogens with zero attached hydrogens (tertiary/aromatic N) is 1. The molecule has 0 saturated carbocycles. The average Bonchev–Trinajstić information content (AvgIpc) is 2.36. The Hall–Kier alpha value is -1.29. The smallest absolute Gasteiger partial charge is 0.185 e. The van der Waals surface area contributed by atoms with Crippen molar-refractivity contribution in [3.8, 4) is 11.5 Å². The van der Waals surface area contributed by atoms with Crippen LogP contribution < -0.4 is 14.4 Å². The van der Waals surface area contributed by atoms with Crippen LogP contribution in [0, 0.1) is 0 Å². The van der Waals surface area contributed by atoms with Crippen molar-refractivity contribution in [3.05, 3.63) is 18.2 Å². The number of ether oxygens (including phenoxy) is 2. The van der Waals surface area contributed by atoms with Gasteiger partial charge in [0.2, 0.25) is 0 Å². The number of thiocarbonyl (C=S) groups is 1. The molecule has 0 spiro atoms. The standard InChI is InChI=1S/C12H15NO2S/c1-3-11(16)13(2)9-5-4-6-10-12(9)15-8-7-14-10/h4-6H,3,7-8H2,1-2H3. The van der Waals surface area contributed by atoms with E-state index in [2.05, 4.69) is 0 Å². The van der Waals surface area contributed by atoms with Crippen molar-refractivity contribution in [3.63, 3.8) is 0 Å². The molecule has 0 amide bonds. The van der Waals surface area contributed by atoms with Gasteiger partial charge in [-0.2, -0.15) is 0 Å². The Morgan fingerprint density at radius 3 is 2.88 bits per heavy atom. The number of hydrogen-bond acceptors (Lipinski definition) is 3. The zero-order valence-electron chi connectivity index (χ0n) is 9.53. The SMILES string of the molecule is CCC(=S)N(C)c1cccc2c1OCCO2. The third-order valence-corrected chi connectivity index (χ3v) is 3.15. The Balaban J connectivity index is 2.37. The summed E-state index contributed by atoms with van der Waals surface area (Å²) in [6, 6.07) is 5.87. The van der Waals surface area contributed by atoms with Gasteiger partial charge in [-0.05, 0) is 18.6 Å². The number of hydrogen-bond donors (Lipinski definition) is 0. The van der Waals surface area contributed by atoms with Crippen LogP contribution in [0.25, 0.3) is 0 Å². The van der Waals surface area contributed by atoms with E-state index in [1.807, 2.05) is 37.1 Å². The molecule has 0 unspecified atom stereocenters. The molecule has 1 aliphatic rings. The fourth-order valence-electron chi connectivity index (χ4n) is 1.69. The first-order chi connectivity index (χ1) is 7.74. The van der Waals surface area contributed by atoms with Crippen molar-refractivity contribution >= 4 is 22.9 Å². The molecule has 2 rings (SSSR count). The third kappa shape index (κ3) is 1.97. The lowest BCUT2D eigenvalue weighted by atomic mass is 10.2. The van der Waals surface area contributed by atoms with Gasteiger partial charge in [-0.25, -0.2) is 0 Å². The molecule has 1 aliphatic heterocycles. The molecular formula is C12H15NO2S. The van der Waals surface area contributed by atoms with Gasteiger partial charge in [0.1, 0.15) is 13.2 Å². The normalized spacial score (nSPS) is 13.4. The molecule has 1 heterocycles. The highest BCUT2D eigenvalue weighted by Gasteiger charge is 2.19. The average molecular weight is 237 g/mol. The predicted octanol–water partition coefficient (Wildman–Crippen LogP) is 2.63. The highest BCUT2D eigenvalue weighted by atomic mass is 32.1. The van der Waals surface area contributed by atoms with Gasteiger partial charge in [0.25, 0.3) is 0 Å². The van der Waals surface area contributed by atoms with E-state index >= 15 is 0 Å². The number of fused-ring (bicyclic) bond motifs is 1. The number of para-hydroxylation sites is 1. The molecule has 0 atom stereocenters. The zero-order chi connectivity index (χ0) is 11.5. The zero-order valence-corrected chi connectivity index (χ0v) is 10.3. The van der Waals surface area contributed by atoms with Crippen LogP contribution in [0.2, 0.25) is 0 Å². The molecule has 16 heavy (non-hydrogen) atoms. The first kappa shape index (κ1) is 11.2. The lowest BCUT2D eigenvalue weighted by Gasteiger charge is -2.26. The molecule has 0 N–H and O–H groups in total. The van der Waals surface area contributed by atoms with E-state index in [0.717, 1.165) is 28.6 Å². The first-order valence-corrected chi connectivity index (χ1v) is 5.80. The second-order valence-electron chi connectivity index (χ2n) is 3.61. The molecule has 0 bridgehead atoms. The van der Waals surface area contributed by atoms with Gasteiger partial charge >= 0.3 is 0 Å². The molecule has 0 aromatic heterocycles. The Morgan fingerprint density at radius 2 is 2.12 bits per heavy atom. The fourth-order valence-corrected chi connectivity index (χ4v) is 1.79. The van der Waals surface area contributed by atoms with E-state index in [1.54, 1.807) is 0 Å². The largest absolute Gasteiger partial charge is 0.486 e. The Kier molecular flexibility index (Phi) is 3.29. The van der Waals surface area contributed by atoms with Gasteiger partial charge in [0.05, 0.1) is 10.7 Å². The highest BCUT2D eigenvalue weighted by molar-refractivity contribution is 7.80. The van der Waals surface area contributed by atoms with Gasteiger partial charge in [-0.15, -0.1) is 0 Å². The van der Waals surface area contributed by atoms with Gasteiger partial charge < -0.3 is 14.4 Å². The van der Waals surface area contributed by atoms with E-state index in [1.165, 1.54) is 0 Å². The van der Waals surface area contributed by atoms with Gasteiger partial charge in [0, 0.05) is 7.05 Å². The summed E-state index contributed by atoms with van der Waals surface area (Å²) >= 11 is 5.29. The fraction of sp³-hybridized carbons (Fsp3) is 0.417. The summed E-state index contributed by atoms with van der Waals surface area (Å²) in [6.07, 6.45) is 0.844. The summed E-state index contributed by atoms with van der Waals surface area (Å²) < 4.78 is 11.2. The van der Waals surface area contributed by atoms with Crippen LogP contribution in [0.3, 0.4) is 0 Å². The van der Waals surface area contributed by atoms with Gasteiger partial charge in [0.15, 0.2) is 11.5 Å². The third-order valence-electron chi connectivity index (χ3n) is 2.58. The van der Waals surface area contributed by atoms with E-state index in [9.17, 15) is 0 Å². The minimum absolute atomic E-state index is 0.594. The Bertz CT molecular complexity index is 406. The molecule has 0 aliphatic carbocycles. The summed E-state index contributed by atoms with van der Waals surface area (Å²) in [5, 5.41) is 0. The van der Waals surface area contributed by atoms with Crippen molar-refractivity contribution in [2.75, 3.05) is 25.2 Å². The number of anilines is 1. The van der Waals surface area contributed by atoms with Crippen molar-refractivity contribution in [2.24, 2.45) is 0 Å². The van der Waals surface area contributed by atoms with E-state index in [4.69, 9.17) is 21.7 Å². The monoisotopic (exact) mass is 237 g/mol. The quantitative estimate of drug-likeness (QED) is 0.737. The van der Waals surface area contributed by atoms with Gasteiger partial charge in [-0.1, -0.05) is 25.2 Å². The summed E-state index contributed by atoms with van der Waals surface area (Å²) in [4.78, 5) is 2.87. The lowest BCUT2D eigenvalue weighted by Crippen LogP contribution is -2.25. The van der Waals surface area contributed by atoms with Crippen LogP contribution in [0.5, 0.6) is 11.5 Å². The van der Waals surface area contributed by atoms with Crippen molar-refractivity contribution in [1.82, 2.24) is 0 Å². The molecule has 0 fully saturated rings. The molecular weight excluding hydrogens is 222 g/mol. The molecule has 1 aromatic rings. The Labute approximate surface area is 101 Å². The summed E-state index contributed by atoms with van der Waals surface area (Å²) in [5.41, 5.74) is 0.976. The second-order valence-corrected chi connectivity index (χ2v) is 4.08. The minimum Gasteiger partial charge on any atom is -0.486 e. The molecule has 4 heteroatoms. The number of benzene rings is 1. The van der Waals surface area contributed by atoms with Crippen molar-refractivity contribution in [1.29, 1.82) is 0 Å². The van der Waals surface area contributed by atoms with Crippen molar-refractivity contribution < 1.29 is 9.47 Å². The van der Waals surface area contributed by atoms with Crippen LogP contribution in [-0.2, 0) is 0 Å². The van der Waals surface area contributed by atoms with Crippen LogP contribution in [-0.4, -0.2) is 25.2 Å². The molecule has 0 radical (unpaired) electrons. The molecule has 86 valence electrons. The van der Waals surface area contributed by atoms with E-state index < -0.39 is 0 Å². The summed E-state index contributed by atoms with van der Waals surface area (Å²) in [5.74, 6) is 1.60. The van der Waals surface area contributed by atoms with Crippen LogP contribution in [0.1, 0.15) is 13.3 Å². The summed E-state index contributed by atoms with van der Waals surface area (Å²) in [6.45, 7) is 3.25. The first-order valence-electron chi connectivity index (χ1n) is 5.39. The highest BCUT2D eigenvalue weighted by Crippen LogP contribution is 2.39. The summed E-state index contributed by atoms with van der Waals surface area (Å²) in [7, 11) is 1.96. The molecule has 1 aromatic carbocycles. The van der Waals surface area contributed by atoms with E-state index in [-0.39, 0.29) is 0 Å². The maximum atomic E-state index is 5.64. The van der Waals surface area contributed by atoms with E-state index in [0.29, 0.717) is 13.2 Å². The minimum atomic E-state index is 0.594. The molecule has 3 nitrogen and oxygen atoms in total. The maximum Gasteiger partial charge on any atom is 0.185 e. The topological polar surface area (TPSA) is 21.7 Å². The second kappa shape index (κ2) is 4.70.